The van der Waals surface area contributed by atoms with Crippen molar-refractivity contribution in [1.82, 2.24) is 19.3 Å². The SMILES string of the molecule is Cc1cc2cc(NC(=O)CCn3cncn3)ccc2n1C. The van der Waals surface area contributed by atoms with E-state index in [0.717, 1.165) is 16.6 Å². The maximum atomic E-state index is 11.9. The molecular weight excluding hydrogens is 266 g/mol. The Kier molecular flexibility index (Phi) is 3.43. The molecule has 21 heavy (non-hydrogen) atoms. The number of nitrogens with one attached hydrogen (secondary N) is 1. The van der Waals surface area contributed by atoms with Crippen molar-refractivity contribution in [3.8, 4) is 0 Å². The van der Waals surface area contributed by atoms with E-state index in [0.29, 0.717) is 13.0 Å². The molecular formula is C15H17N5O. The van der Waals surface area contributed by atoms with Gasteiger partial charge in [0.25, 0.3) is 0 Å². The third kappa shape index (κ3) is 2.79. The van der Waals surface area contributed by atoms with Crippen LogP contribution in [0.5, 0.6) is 0 Å². The number of rotatable bonds is 4. The molecule has 108 valence electrons. The van der Waals surface area contributed by atoms with Gasteiger partial charge in [0.1, 0.15) is 12.7 Å². The number of hydrogen-bond donors (Lipinski definition) is 1. The van der Waals surface area contributed by atoms with Crippen molar-refractivity contribution in [2.24, 2.45) is 7.05 Å². The number of amides is 1. The van der Waals surface area contributed by atoms with Crippen molar-refractivity contribution in [2.45, 2.75) is 19.9 Å². The minimum atomic E-state index is -0.0301. The van der Waals surface area contributed by atoms with Crippen LogP contribution in [0.15, 0.2) is 36.9 Å². The topological polar surface area (TPSA) is 64.7 Å². The minimum absolute atomic E-state index is 0.0301. The average molecular weight is 283 g/mol. The molecule has 0 aliphatic heterocycles. The number of anilines is 1. The molecule has 0 bridgehead atoms. The monoisotopic (exact) mass is 283 g/mol. The zero-order valence-electron chi connectivity index (χ0n) is 12.1. The van der Waals surface area contributed by atoms with Crippen LogP contribution in [0.3, 0.4) is 0 Å². The molecule has 0 aliphatic carbocycles. The highest BCUT2D eigenvalue weighted by molar-refractivity contribution is 5.94. The van der Waals surface area contributed by atoms with Crippen molar-refractivity contribution in [2.75, 3.05) is 5.32 Å². The van der Waals surface area contributed by atoms with Gasteiger partial charge in [-0.3, -0.25) is 9.48 Å². The van der Waals surface area contributed by atoms with Crippen LogP contribution < -0.4 is 5.32 Å². The molecule has 0 atom stereocenters. The Balaban J connectivity index is 1.68. The Morgan fingerprint density at radius 1 is 1.33 bits per heavy atom. The Morgan fingerprint density at radius 2 is 2.19 bits per heavy atom. The molecule has 2 heterocycles. The second-order valence-corrected chi connectivity index (χ2v) is 5.08. The lowest BCUT2D eigenvalue weighted by molar-refractivity contribution is -0.116. The molecule has 0 saturated carbocycles. The predicted octanol–water partition coefficient (Wildman–Crippen LogP) is 2.11. The van der Waals surface area contributed by atoms with Crippen molar-refractivity contribution in [1.29, 1.82) is 0 Å². The van der Waals surface area contributed by atoms with Crippen LogP contribution in [-0.2, 0) is 18.4 Å². The van der Waals surface area contributed by atoms with E-state index >= 15 is 0 Å². The van der Waals surface area contributed by atoms with Gasteiger partial charge in [-0.25, -0.2) is 4.98 Å². The fourth-order valence-electron chi connectivity index (χ4n) is 2.35. The largest absolute Gasteiger partial charge is 0.348 e. The van der Waals surface area contributed by atoms with Gasteiger partial charge in [0.05, 0.1) is 6.54 Å². The third-order valence-corrected chi connectivity index (χ3v) is 3.60. The lowest BCUT2D eigenvalue weighted by Crippen LogP contribution is -2.14. The lowest BCUT2D eigenvalue weighted by Gasteiger charge is -2.06. The van der Waals surface area contributed by atoms with Crippen LogP contribution in [0.1, 0.15) is 12.1 Å². The van der Waals surface area contributed by atoms with Gasteiger partial charge in [0.15, 0.2) is 0 Å². The van der Waals surface area contributed by atoms with E-state index in [1.165, 1.54) is 12.0 Å². The fraction of sp³-hybridized carbons (Fsp3) is 0.267. The summed E-state index contributed by atoms with van der Waals surface area (Å²) < 4.78 is 3.77. The standard InChI is InChI=1S/C15H17N5O/c1-11-7-12-8-13(3-4-14(12)19(11)2)18-15(21)5-6-20-10-16-9-17-20/h3-4,7-10H,5-6H2,1-2H3,(H,18,21). The molecule has 1 aromatic carbocycles. The van der Waals surface area contributed by atoms with Gasteiger partial charge < -0.3 is 9.88 Å². The average Bonchev–Trinajstić information content (AvgIpc) is 3.06. The molecule has 0 radical (unpaired) electrons. The molecule has 0 spiro atoms. The quantitative estimate of drug-likeness (QED) is 0.797. The molecule has 3 rings (SSSR count). The molecule has 2 aromatic heterocycles. The summed E-state index contributed by atoms with van der Waals surface area (Å²) in [6, 6.07) is 8.06. The summed E-state index contributed by atoms with van der Waals surface area (Å²) in [6.45, 7) is 2.59. The van der Waals surface area contributed by atoms with E-state index in [1.807, 2.05) is 25.2 Å². The summed E-state index contributed by atoms with van der Waals surface area (Å²) in [5, 5.41) is 8.02. The Morgan fingerprint density at radius 3 is 2.95 bits per heavy atom. The zero-order valence-corrected chi connectivity index (χ0v) is 12.1. The van der Waals surface area contributed by atoms with Crippen molar-refractivity contribution < 1.29 is 4.79 Å². The molecule has 0 unspecified atom stereocenters. The van der Waals surface area contributed by atoms with Crippen LogP contribution in [-0.4, -0.2) is 25.2 Å². The summed E-state index contributed by atoms with van der Waals surface area (Å²) in [6.07, 6.45) is 3.44. The third-order valence-electron chi connectivity index (χ3n) is 3.60. The first-order valence-electron chi connectivity index (χ1n) is 6.82. The first-order valence-corrected chi connectivity index (χ1v) is 6.82. The summed E-state index contributed by atoms with van der Waals surface area (Å²) in [7, 11) is 2.04. The van der Waals surface area contributed by atoms with E-state index in [-0.39, 0.29) is 5.91 Å². The first kappa shape index (κ1) is 13.4. The van der Waals surface area contributed by atoms with Gasteiger partial charge in [-0.1, -0.05) is 0 Å². The van der Waals surface area contributed by atoms with Crippen LogP contribution in [0.25, 0.3) is 10.9 Å². The normalized spacial score (nSPS) is 11.0. The van der Waals surface area contributed by atoms with Crippen LogP contribution in [0, 0.1) is 6.92 Å². The number of nitrogens with zero attached hydrogens (tertiary/aromatic N) is 4. The highest BCUT2D eigenvalue weighted by Gasteiger charge is 2.06. The number of benzene rings is 1. The van der Waals surface area contributed by atoms with Crippen LogP contribution >= 0.6 is 0 Å². The molecule has 0 saturated heterocycles. The second-order valence-electron chi connectivity index (χ2n) is 5.08. The summed E-state index contributed by atoms with van der Waals surface area (Å²) in [5.74, 6) is -0.0301. The number of carbonyl (C=O) groups is 1. The first-order chi connectivity index (χ1) is 10.1. The van der Waals surface area contributed by atoms with Crippen molar-refractivity contribution in [3.05, 3.63) is 42.6 Å². The molecule has 0 aliphatic rings. The van der Waals surface area contributed by atoms with Crippen molar-refractivity contribution in [3.63, 3.8) is 0 Å². The second kappa shape index (κ2) is 5.40. The van der Waals surface area contributed by atoms with Crippen molar-refractivity contribution >= 4 is 22.5 Å². The number of hydrogen-bond acceptors (Lipinski definition) is 3. The van der Waals surface area contributed by atoms with E-state index in [1.54, 1.807) is 11.0 Å². The van der Waals surface area contributed by atoms with Gasteiger partial charge in [0.2, 0.25) is 5.91 Å². The molecule has 6 nitrogen and oxygen atoms in total. The highest BCUT2D eigenvalue weighted by Crippen LogP contribution is 2.22. The van der Waals surface area contributed by atoms with E-state index in [9.17, 15) is 4.79 Å². The van der Waals surface area contributed by atoms with Gasteiger partial charge >= 0.3 is 0 Å². The molecule has 1 N–H and O–H groups in total. The molecule has 0 fully saturated rings. The Bertz CT molecular complexity index is 773. The van der Waals surface area contributed by atoms with Gasteiger partial charge in [-0.2, -0.15) is 5.10 Å². The molecule has 6 heteroatoms. The zero-order chi connectivity index (χ0) is 14.8. The smallest absolute Gasteiger partial charge is 0.226 e. The molecule has 3 aromatic rings. The minimum Gasteiger partial charge on any atom is -0.348 e. The van der Waals surface area contributed by atoms with Gasteiger partial charge in [0, 0.05) is 35.8 Å². The predicted molar refractivity (Wildman–Crippen MR) is 80.9 cm³/mol. The maximum absolute atomic E-state index is 11.9. The van der Waals surface area contributed by atoms with Crippen LogP contribution in [0.4, 0.5) is 5.69 Å². The maximum Gasteiger partial charge on any atom is 0.226 e. The Hall–Kier alpha value is -2.63. The number of carbonyl (C=O) groups excluding carboxylic acids is 1. The summed E-state index contributed by atoms with van der Waals surface area (Å²) in [4.78, 5) is 15.8. The number of aromatic nitrogens is 4. The molecule has 1 amide bonds. The van der Waals surface area contributed by atoms with Crippen LogP contribution in [0.2, 0.25) is 0 Å². The van der Waals surface area contributed by atoms with E-state index in [2.05, 4.69) is 33.0 Å². The highest BCUT2D eigenvalue weighted by atomic mass is 16.1. The Labute approximate surface area is 122 Å². The number of fused-ring (bicyclic) bond motifs is 1. The van der Waals surface area contributed by atoms with Gasteiger partial charge in [-0.15, -0.1) is 0 Å². The van der Waals surface area contributed by atoms with Gasteiger partial charge in [-0.05, 0) is 31.2 Å². The lowest BCUT2D eigenvalue weighted by atomic mass is 10.2. The summed E-state index contributed by atoms with van der Waals surface area (Å²) in [5.41, 5.74) is 3.17. The number of aryl methyl sites for hydroxylation is 3. The fourth-order valence-corrected chi connectivity index (χ4v) is 2.35. The summed E-state index contributed by atoms with van der Waals surface area (Å²) >= 11 is 0. The van der Waals surface area contributed by atoms with E-state index in [4.69, 9.17) is 0 Å². The van der Waals surface area contributed by atoms with E-state index < -0.39 is 0 Å².